The van der Waals surface area contributed by atoms with Gasteiger partial charge in [-0.05, 0) is 54.1 Å². The van der Waals surface area contributed by atoms with E-state index in [1.807, 2.05) is 68.4 Å². The van der Waals surface area contributed by atoms with Crippen LogP contribution in [0.1, 0.15) is 29.8 Å². The number of para-hydroxylation sites is 1. The first-order valence-electron chi connectivity index (χ1n) is 16.0. The van der Waals surface area contributed by atoms with Gasteiger partial charge in [-0.25, -0.2) is 15.0 Å². The van der Waals surface area contributed by atoms with Gasteiger partial charge in [0.25, 0.3) is 0 Å². The summed E-state index contributed by atoms with van der Waals surface area (Å²) in [6.07, 6.45) is 2.53. The minimum atomic E-state index is 0.420. The summed E-state index contributed by atoms with van der Waals surface area (Å²) in [5, 5.41) is 0. The number of carbonyl (C=O) groups is 1. The van der Waals surface area contributed by atoms with Gasteiger partial charge in [-0.2, -0.15) is 0 Å². The highest BCUT2D eigenvalue weighted by Gasteiger charge is 2.22. The van der Waals surface area contributed by atoms with E-state index in [-0.39, 0.29) is 0 Å². The van der Waals surface area contributed by atoms with Crippen molar-refractivity contribution in [3.05, 3.63) is 114 Å². The summed E-state index contributed by atoms with van der Waals surface area (Å²) in [6.45, 7) is 8.34. The van der Waals surface area contributed by atoms with Crippen LogP contribution in [0.2, 0.25) is 0 Å². The first-order valence-corrected chi connectivity index (χ1v) is 16.0. The molecule has 0 radical (unpaired) electrons. The van der Waals surface area contributed by atoms with Crippen LogP contribution in [0.4, 0.5) is 11.5 Å². The third kappa shape index (κ3) is 6.43. The van der Waals surface area contributed by atoms with E-state index in [0.717, 1.165) is 78.4 Å². The first kappa shape index (κ1) is 31.4. The highest BCUT2D eigenvalue weighted by atomic mass is 16.5. The van der Waals surface area contributed by atoms with E-state index < -0.39 is 0 Å². The third-order valence-corrected chi connectivity index (χ3v) is 8.32. The van der Waals surface area contributed by atoms with E-state index in [1.165, 1.54) is 5.56 Å². The Bertz CT molecular complexity index is 1960. The van der Waals surface area contributed by atoms with Gasteiger partial charge in [0.05, 0.1) is 29.6 Å². The standard InChI is InChI=1S/C36H33N7O2.C2H6/c1-45-33-27(24-44)9-5-11-32(33)42-21-19-41(20-22-42)23-25-12-14-28(15-13-25)43-35(29-10-6-18-38-34(29)37)40-31-17-16-30(39-36(31)43)26-7-3-2-4-8-26;1-2/h2-18,24H,19-23H2,1H3,(H2,37,38);1-2H3. The monoisotopic (exact) mass is 625 g/mol. The van der Waals surface area contributed by atoms with E-state index in [1.54, 1.807) is 19.4 Å². The highest BCUT2D eigenvalue weighted by molar-refractivity contribution is 5.85. The number of ether oxygens (including phenoxy) is 1. The fourth-order valence-corrected chi connectivity index (χ4v) is 6.02. The molecule has 9 heteroatoms. The number of piperazine rings is 1. The van der Waals surface area contributed by atoms with Crippen LogP contribution in [0.5, 0.6) is 5.75 Å². The van der Waals surface area contributed by atoms with E-state index >= 15 is 0 Å². The largest absolute Gasteiger partial charge is 0.494 e. The predicted molar refractivity (Wildman–Crippen MR) is 189 cm³/mol. The van der Waals surface area contributed by atoms with Crippen molar-refractivity contribution in [3.63, 3.8) is 0 Å². The lowest BCUT2D eigenvalue weighted by Gasteiger charge is -2.36. The molecule has 3 aromatic heterocycles. The number of rotatable bonds is 8. The van der Waals surface area contributed by atoms with Crippen LogP contribution in [-0.2, 0) is 6.54 Å². The van der Waals surface area contributed by atoms with Crippen molar-refractivity contribution in [1.82, 2.24) is 24.4 Å². The zero-order valence-corrected chi connectivity index (χ0v) is 27.0. The Morgan fingerprint density at radius 1 is 0.830 bits per heavy atom. The zero-order chi connectivity index (χ0) is 32.8. The minimum Gasteiger partial charge on any atom is -0.494 e. The summed E-state index contributed by atoms with van der Waals surface area (Å²) in [6, 6.07) is 32.3. The molecule has 1 fully saturated rings. The van der Waals surface area contributed by atoms with Gasteiger partial charge in [0.15, 0.2) is 23.5 Å². The molecule has 7 rings (SSSR count). The SMILES string of the molecule is CC.COc1c(C=O)cccc1N1CCN(Cc2ccc(-n3c(-c4cccnc4N)nc4ccc(-c5ccccc5)nc43)cc2)CC1. The Kier molecular flexibility index (Phi) is 9.54. The second kappa shape index (κ2) is 14.3. The van der Waals surface area contributed by atoms with Crippen molar-refractivity contribution in [3.8, 4) is 34.1 Å². The smallest absolute Gasteiger partial charge is 0.165 e. The molecule has 0 amide bonds. The van der Waals surface area contributed by atoms with Crippen LogP contribution >= 0.6 is 0 Å². The third-order valence-electron chi connectivity index (χ3n) is 8.32. The van der Waals surface area contributed by atoms with Gasteiger partial charge in [-0.3, -0.25) is 14.3 Å². The molecule has 238 valence electrons. The molecule has 6 aromatic rings. The maximum absolute atomic E-state index is 11.5. The van der Waals surface area contributed by atoms with Gasteiger partial charge >= 0.3 is 0 Å². The van der Waals surface area contributed by atoms with E-state index in [4.69, 9.17) is 20.4 Å². The molecule has 0 unspecified atom stereocenters. The van der Waals surface area contributed by atoms with Gasteiger partial charge in [0.2, 0.25) is 0 Å². The molecular formula is C38H39N7O2. The number of hydrogen-bond acceptors (Lipinski definition) is 8. The maximum atomic E-state index is 11.5. The van der Waals surface area contributed by atoms with Gasteiger partial charge < -0.3 is 15.4 Å². The van der Waals surface area contributed by atoms with Crippen LogP contribution < -0.4 is 15.4 Å². The molecule has 2 N–H and O–H groups in total. The lowest BCUT2D eigenvalue weighted by atomic mass is 10.1. The molecule has 47 heavy (non-hydrogen) atoms. The molecular weight excluding hydrogens is 586 g/mol. The molecule has 0 atom stereocenters. The van der Waals surface area contributed by atoms with Crippen molar-refractivity contribution in [2.45, 2.75) is 20.4 Å². The van der Waals surface area contributed by atoms with E-state index in [0.29, 0.717) is 23.0 Å². The average Bonchev–Trinajstić information content (AvgIpc) is 3.52. The minimum absolute atomic E-state index is 0.420. The molecule has 0 bridgehead atoms. The average molecular weight is 626 g/mol. The number of nitrogens with zero attached hydrogens (tertiary/aromatic N) is 6. The number of nitrogens with two attached hydrogens (primary N) is 1. The number of nitrogen functional groups attached to an aromatic ring is 1. The van der Waals surface area contributed by atoms with Crippen molar-refractivity contribution < 1.29 is 9.53 Å². The van der Waals surface area contributed by atoms with E-state index in [9.17, 15) is 4.79 Å². The van der Waals surface area contributed by atoms with Crippen molar-refractivity contribution in [2.24, 2.45) is 0 Å². The molecule has 4 heterocycles. The fraction of sp³-hybridized carbons (Fsp3) is 0.211. The summed E-state index contributed by atoms with van der Waals surface area (Å²) >= 11 is 0. The Hall–Kier alpha value is -5.54. The van der Waals surface area contributed by atoms with Gasteiger partial charge in [-0.15, -0.1) is 0 Å². The predicted octanol–water partition coefficient (Wildman–Crippen LogP) is 6.90. The van der Waals surface area contributed by atoms with Crippen LogP contribution in [0, 0.1) is 0 Å². The van der Waals surface area contributed by atoms with Gasteiger partial charge in [-0.1, -0.05) is 62.4 Å². The Morgan fingerprint density at radius 3 is 2.30 bits per heavy atom. The topological polar surface area (TPSA) is 102 Å². The normalized spacial score (nSPS) is 13.2. The summed E-state index contributed by atoms with van der Waals surface area (Å²) in [5.41, 5.74) is 14.3. The van der Waals surface area contributed by atoms with Gasteiger partial charge in [0, 0.05) is 50.2 Å². The second-order valence-corrected chi connectivity index (χ2v) is 11.1. The van der Waals surface area contributed by atoms with Crippen molar-refractivity contribution in [2.75, 3.05) is 43.9 Å². The zero-order valence-electron chi connectivity index (χ0n) is 27.0. The highest BCUT2D eigenvalue weighted by Crippen LogP contribution is 2.33. The number of imidazole rings is 1. The molecule has 3 aromatic carbocycles. The van der Waals surface area contributed by atoms with Crippen LogP contribution in [0.3, 0.4) is 0 Å². The fourth-order valence-electron chi connectivity index (χ4n) is 6.02. The van der Waals surface area contributed by atoms with E-state index in [2.05, 4.69) is 55.7 Å². The molecule has 0 spiro atoms. The number of fused-ring (bicyclic) bond motifs is 1. The molecule has 1 saturated heterocycles. The Balaban J connectivity index is 0.00000190. The molecule has 0 saturated carbocycles. The number of carbonyl (C=O) groups excluding carboxylic acids is 1. The number of methoxy groups -OCH3 is 1. The Labute approximate surface area is 275 Å². The number of anilines is 2. The van der Waals surface area contributed by atoms with Crippen molar-refractivity contribution in [1.29, 1.82) is 0 Å². The number of pyridine rings is 2. The number of aldehydes is 1. The summed E-state index contributed by atoms with van der Waals surface area (Å²) in [5.74, 6) is 1.76. The van der Waals surface area contributed by atoms with Crippen LogP contribution in [-0.4, -0.2) is 64.0 Å². The second-order valence-electron chi connectivity index (χ2n) is 11.1. The number of aromatic nitrogens is 4. The summed E-state index contributed by atoms with van der Waals surface area (Å²) in [4.78, 5) is 30.6. The lowest BCUT2D eigenvalue weighted by Crippen LogP contribution is -2.46. The maximum Gasteiger partial charge on any atom is 0.165 e. The number of benzene rings is 3. The molecule has 9 nitrogen and oxygen atoms in total. The van der Waals surface area contributed by atoms with Crippen LogP contribution in [0.15, 0.2) is 103 Å². The quantitative estimate of drug-likeness (QED) is 0.182. The van der Waals surface area contributed by atoms with Crippen LogP contribution in [0.25, 0.3) is 39.5 Å². The first-order chi connectivity index (χ1) is 23.1. The summed E-state index contributed by atoms with van der Waals surface area (Å²) < 4.78 is 7.64. The van der Waals surface area contributed by atoms with Gasteiger partial charge in [0.1, 0.15) is 11.3 Å². The lowest BCUT2D eigenvalue weighted by molar-refractivity contribution is 0.112. The summed E-state index contributed by atoms with van der Waals surface area (Å²) in [7, 11) is 1.62. The number of hydrogen-bond donors (Lipinski definition) is 1. The Morgan fingerprint density at radius 2 is 1.60 bits per heavy atom. The molecule has 1 aliphatic rings. The van der Waals surface area contributed by atoms with Crippen molar-refractivity contribution >= 4 is 29.0 Å². The molecule has 0 aliphatic carbocycles. The molecule has 1 aliphatic heterocycles.